The maximum atomic E-state index is 12.9. The minimum absolute atomic E-state index is 0.00676. The molecule has 1 aliphatic heterocycles. The van der Waals surface area contributed by atoms with Crippen LogP contribution in [0.5, 0.6) is 5.75 Å². The van der Waals surface area contributed by atoms with E-state index in [9.17, 15) is 13.2 Å². The van der Waals surface area contributed by atoms with Gasteiger partial charge in [0.2, 0.25) is 15.9 Å². The van der Waals surface area contributed by atoms with Crippen molar-refractivity contribution in [2.45, 2.75) is 30.7 Å². The second-order valence-electron chi connectivity index (χ2n) is 7.26. The zero-order valence-electron chi connectivity index (χ0n) is 16.8. The first-order chi connectivity index (χ1) is 14.2. The van der Waals surface area contributed by atoms with Crippen molar-refractivity contribution in [3.8, 4) is 5.75 Å². The average molecular weight is 471 g/mol. The van der Waals surface area contributed by atoms with Crippen molar-refractivity contribution in [2.24, 2.45) is 5.92 Å². The van der Waals surface area contributed by atoms with Gasteiger partial charge in [0.1, 0.15) is 10.6 Å². The van der Waals surface area contributed by atoms with Crippen LogP contribution in [-0.4, -0.2) is 38.8 Å². The van der Waals surface area contributed by atoms with Crippen molar-refractivity contribution in [1.82, 2.24) is 9.62 Å². The van der Waals surface area contributed by atoms with Crippen LogP contribution in [0.3, 0.4) is 0 Å². The van der Waals surface area contributed by atoms with Gasteiger partial charge in [-0.3, -0.25) is 4.79 Å². The highest BCUT2D eigenvalue weighted by Crippen LogP contribution is 2.30. The SMILES string of the molecule is COc1ccc([C@H](C)NC(=O)C2CCN(S(=O)(=O)c3cc(Cl)ccc3Cl)CC2)cc1. The van der Waals surface area contributed by atoms with Gasteiger partial charge in [0, 0.05) is 24.0 Å². The lowest BCUT2D eigenvalue weighted by Crippen LogP contribution is -2.43. The van der Waals surface area contributed by atoms with Crippen LogP contribution in [0, 0.1) is 5.92 Å². The number of sulfonamides is 1. The molecule has 3 rings (SSSR count). The van der Waals surface area contributed by atoms with E-state index >= 15 is 0 Å². The summed E-state index contributed by atoms with van der Waals surface area (Å²) in [5.74, 6) is 0.439. The normalized spacial score (nSPS) is 16.8. The van der Waals surface area contributed by atoms with E-state index in [-0.39, 0.29) is 40.9 Å². The van der Waals surface area contributed by atoms with Crippen molar-refractivity contribution in [1.29, 1.82) is 0 Å². The molecule has 0 spiro atoms. The van der Waals surface area contributed by atoms with E-state index < -0.39 is 10.0 Å². The lowest BCUT2D eigenvalue weighted by atomic mass is 9.96. The van der Waals surface area contributed by atoms with Gasteiger partial charge in [-0.25, -0.2) is 8.42 Å². The topological polar surface area (TPSA) is 75.7 Å². The van der Waals surface area contributed by atoms with Gasteiger partial charge in [-0.2, -0.15) is 4.31 Å². The number of nitrogens with one attached hydrogen (secondary N) is 1. The Kier molecular flexibility index (Phi) is 7.29. The van der Waals surface area contributed by atoms with Crippen LogP contribution in [0.25, 0.3) is 0 Å². The molecule has 0 radical (unpaired) electrons. The molecule has 1 atom stereocenters. The summed E-state index contributed by atoms with van der Waals surface area (Å²) in [4.78, 5) is 12.7. The Morgan fingerprint density at radius 2 is 1.77 bits per heavy atom. The molecule has 2 aromatic carbocycles. The fraction of sp³-hybridized carbons (Fsp3) is 0.381. The van der Waals surface area contributed by atoms with Crippen molar-refractivity contribution in [2.75, 3.05) is 20.2 Å². The molecule has 1 aliphatic rings. The average Bonchev–Trinajstić information content (AvgIpc) is 2.75. The lowest BCUT2D eigenvalue weighted by molar-refractivity contribution is -0.126. The lowest BCUT2D eigenvalue weighted by Gasteiger charge is -2.31. The Balaban J connectivity index is 1.60. The number of ether oxygens (including phenoxy) is 1. The largest absolute Gasteiger partial charge is 0.497 e. The number of carbonyl (C=O) groups is 1. The van der Waals surface area contributed by atoms with Crippen LogP contribution in [0.15, 0.2) is 47.4 Å². The van der Waals surface area contributed by atoms with E-state index in [0.29, 0.717) is 17.9 Å². The Morgan fingerprint density at radius 3 is 2.37 bits per heavy atom. The first-order valence-electron chi connectivity index (χ1n) is 9.62. The third-order valence-corrected chi connectivity index (χ3v) is 7.93. The van der Waals surface area contributed by atoms with Crippen molar-refractivity contribution < 1.29 is 17.9 Å². The minimum atomic E-state index is -3.76. The van der Waals surface area contributed by atoms with Gasteiger partial charge in [0.25, 0.3) is 0 Å². The molecule has 2 aromatic rings. The Morgan fingerprint density at radius 1 is 1.13 bits per heavy atom. The first-order valence-corrected chi connectivity index (χ1v) is 11.8. The molecule has 1 fully saturated rings. The van der Waals surface area contributed by atoms with Crippen LogP contribution in [-0.2, 0) is 14.8 Å². The molecule has 1 saturated heterocycles. The molecule has 0 unspecified atom stereocenters. The van der Waals surface area contributed by atoms with Gasteiger partial charge in [0.15, 0.2) is 0 Å². The van der Waals surface area contributed by atoms with Crippen LogP contribution < -0.4 is 10.1 Å². The summed E-state index contributed by atoms with van der Waals surface area (Å²) in [6, 6.07) is 11.7. The third kappa shape index (κ3) is 5.09. The highest BCUT2D eigenvalue weighted by molar-refractivity contribution is 7.89. The number of halogens is 2. The smallest absolute Gasteiger partial charge is 0.244 e. The number of hydrogen-bond donors (Lipinski definition) is 1. The van der Waals surface area contributed by atoms with Crippen molar-refractivity contribution >= 4 is 39.1 Å². The van der Waals surface area contributed by atoms with E-state index in [1.54, 1.807) is 13.2 Å². The molecular formula is C21H24Cl2N2O4S. The molecular weight excluding hydrogens is 447 g/mol. The van der Waals surface area contributed by atoms with Crippen molar-refractivity contribution in [3.63, 3.8) is 0 Å². The van der Waals surface area contributed by atoms with E-state index in [4.69, 9.17) is 27.9 Å². The Bertz CT molecular complexity index is 1000. The zero-order valence-corrected chi connectivity index (χ0v) is 19.1. The van der Waals surface area contributed by atoms with Gasteiger partial charge in [-0.1, -0.05) is 35.3 Å². The van der Waals surface area contributed by atoms with E-state index in [1.807, 2.05) is 31.2 Å². The van der Waals surface area contributed by atoms with Gasteiger partial charge in [-0.05, 0) is 55.7 Å². The maximum absolute atomic E-state index is 12.9. The van der Waals surface area contributed by atoms with E-state index in [1.165, 1.54) is 16.4 Å². The molecule has 1 amide bonds. The molecule has 30 heavy (non-hydrogen) atoms. The number of benzene rings is 2. The standard InChI is InChI=1S/C21H24Cl2N2O4S/c1-14(15-3-6-18(29-2)7-4-15)24-21(26)16-9-11-25(12-10-16)30(27,28)20-13-17(22)5-8-19(20)23/h3-8,13-14,16H,9-12H2,1-2H3,(H,24,26)/t14-/m0/s1. The summed E-state index contributed by atoms with van der Waals surface area (Å²) in [7, 11) is -2.16. The van der Waals surface area contributed by atoms with Crippen LogP contribution in [0.2, 0.25) is 10.0 Å². The summed E-state index contributed by atoms with van der Waals surface area (Å²) in [6.45, 7) is 2.42. The molecule has 0 aromatic heterocycles. The quantitative estimate of drug-likeness (QED) is 0.683. The highest BCUT2D eigenvalue weighted by atomic mass is 35.5. The highest BCUT2D eigenvalue weighted by Gasteiger charge is 2.33. The first kappa shape index (κ1) is 22.9. The van der Waals surface area contributed by atoms with Crippen LogP contribution in [0.4, 0.5) is 0 Å². The summed E-state index contributed by atoms with van der Waals surface area (Å²) < 4.78 is 32.4. The summed E-state index contributed by atoms with van der Waals surface area (Å²) in [5, 5.41) is 3.46. The Labute approximate surface area is 187 Å². The summed E-state index contributed by atoms with van der Waals surface area (Å²) in [6.07, 6.45) is 0.886. The zero-order chi connectivity index (χ0) is 21.9. The molecule has 1 N–H and O–H groups in total. The molecule has 0 saturated carbocycles. The number of piperidine rings is 1. The fourth-order valence-electron chi connectivity index (χ4n) is 3.48. The van der Waals surface area contributed by atoms with E-state index in [2.05, 4.69) is 5.32 Å². The third-order valence-electron chi connectivity index (χ3n) is 5.31. The predicted octanol–water partition coefficient (Wildman–Crippen LogP) is 4.28. The number of hydrogen-bond acceptors (Lipinski definition) is 4. The second-order valence-corrected chi connectivity index (χ2v) is 10.0. The number of nitrogens with zero attached hydrogens (tertiary/aromatic N) is 1. The van der Waals surface area contributed by atoms with Crippen LogP contribution in [0.1, 0.15) is 31.4 Å². The summed E-state index contributed by atoms with van der Waals surface area (Å²) in [5.41, 5.74) is 0.972. The molecule has 6 nitrogen and oxygen atoms in total. The van der Waals surface area contributed by atoms with Gasteiger partial charge < -0.3 is 10.1 Å². The number of rotatable bonds is 6. The minimum Gasteiger partial charge on any atom is -0.497 e. The molecule has 0 bridgehead atoms. The maximum Gasteiger partial charge on any atom is 0.244 e. The molecule has 162 valence electrons. The monoisotopic (exact) mass is 470 g/mol. The predicted molar refractivity (Wildman–Crippen MR) is 117 cm³/mol. The number of carbonyl (C=O) groups excluding carboxylic acids is 1. The van der Waals surface area contributed by atoms with Crippen LogP contribution >= 0.6 is 23.2 Å². The van der Waals surface area contributed by atoms with Crippen molar-refractivity contribution in [3.05, 3.63) is 58.1 Å². The molecule has 1 heterocycles. The molecule has 0 aliphatic carbocycles. The summed E-state index contributed by atoms with van der Waals surface area (Å²) >= 11 is 12.0. The van der Waals surface area contributed by atoms with Gasteiger partial charge >= 0.3 is 0 Å². The van der Waals surface area contributed by atoms with E-state index in [0.717, 1.165) is 11.3 Å². The Hall–Kier alpha value is -1.80. The molecule has 9 heteroatoms. The number of methoxy groups -OCH3 is 1. The van der Waals surface area contributed by atoms with Gasteiger partial charge in [-0.15, -0.1) is 0 Å². The fourth-order valence-corrected chi connectivity index (χ4v) is 5.69. The second kappa shape index (κ2) is 9.56. The number of amides is 1. The van der Waals surface area contributed by atoms with Gasteiger partial charge in [0.05, 0.1) is 18.2 Å².